The van der Waals surface area contributed by atoms with Gasteiger partial charge in [0.2, 0.25) is 0 Å². The summed E-state index contributed by atoms with van der Waals surface area (Å²) in [5.41, 5.74) is 0.506. The van der Waals surface area contributed by atoms with E-state index >= 15 is 0 Å². The molecule has 0 atom stereocenters. The van der Waals surface area contributed by atoms with Gasteiger partial charge in [-0.2, -0.15) is 5.10 Å². The number of rotatable bonds is 5. The molecule has 4 rings (SSSR count). The van der Waals surface area contributed by atoms with Gasteiger partial charge in [0.25, 0.3) is 5.91 Å². The Hall–Kier alpha value is -2.57. The number of amides is 1. The summed E-state index contributed by atoms with van der Waals surface area (Å²) in [6.07, 6.45) is 5.14. The second-order valence-electron chi connectivity index (χ2n) is 7.44. The van der Waals surface area contributed by atoms with Crippen LogP contribution in [0.15, 0.2) is 54.9 Å². The Morgan fingerprint density at radius 3 is 2.62 bits per heavy atom. The second kappa shape index (κ2) is 8.84. The molecule has 0 unspecified atom stereocenters. The van der Waals surface area contributed by atoms with Crippen LogP contribution >= 0.6 is 12.4 Å². The molecule has 1 amide bonds. The summed E-state index contributed by atoms with van der Waals surface area (Å²) in [5.74, 6) is 0.965. The molecule has 1 aliphatic heterocycles. The molecule has 6 nitrogen and oxygen atoms in total. The standard InChI is InChI=1S/C22H26N4O2.ClH/c1-25(16-17-4-5-19-15-20(28-2)7-6-18(19)14-17)21(27)22(8-11-23-12-9-22)26-13-3-10-24-26;/h3-7,10,13-15,23H,8-9,11-12,16H2,1-2H3;1H. The number of likely N-dealkylation sites (N-methyl/N-ethyl adjacent to an activating group) is 1. The Kier molecular flexibility index (Phi) is 6.45. The van der Waals surface area contributed by atoms with Gasteiger partial charge in [0.15, 0.2) is 0 Å². The molecule has 3 aromatic rings. The minimum Gasteiger partial charge on any atom is -0.497 e. The van der Waals surface area contributed by atoms with Crippen LogP contribution in [0.1, 0.15) is 18.4 Å². The van der Waals surface area contributed by atoms with Crippen molar-refractivity contribution in [3.8, 4) is 5.75 Å². The molecular formula is C22H27ClN4O2. The maximum Gasteiger partial charge on any atom is 0.250 e. The van der Waals surface area contributed by atoms with Crippen LogP contribution in [-0.2, 0) is 16.9 Å². The van der Waals surface area contributed by atoms with Crippen LogP contribution in [0, 0.1) is 0 Å². The Morgan fingerprint density at radius 1 is 1.21 bits per heavy atom. The number of hydrogen-bond donors (Lipinski definition) is 1. The molecule has 1 saturated heterocycles. The number of aromatic nitrogens is 2. The third kappa shape index (κ3) is 4.09. The molecule has 7 heteroatoms. The molecule has 2 aromatic carbocycles. The first-order chi connectivity index (χ1) is 13.6. The van der Waals surface area contributed by atoms with E-state index in [1.165, 1.54) is 0 Å². The fourth-order valence-corrected chi connectivity index (χ4v) is 4.10. The van der Waals surface area contributed by atoms with E-state index in [-0.39, 0.29) is 18.3 Å². The topological polar surface area (TPSA) is 59.4 Å². The van der Waals surface area contributed by atoms with Crippen molar-refractivity contribution in [3.05, 3.63) is 60.4 Å². The Balaban J connectivity index is 0.00000240. The molecule has 0 spiro atoms. The molecule has 0 bridgehead atoms. The van der Waals surface area contributed by atoms with Crippen LogP contribution in [-0.4, -0.2) is 47.8 Å². The van der Waals surface area contributed by atoms with Crippen molar-refractivity contribution in [2.24, 2.45) is 0 Å². The van der Waals surface area contributed by atoms with E-state index in [0.29, 0.717) is 6.54 Å². The highest BCUT2D eigenvalue weighted by molar-refractivity contribution is 5.86. The molecule has 0 saturated carbocycles. The number of nitrogens with zero attached hydrogens (tertiary/aromatic N) is 3. The lowest BCUT2D eigenvalue weighted by molar-refractivity contribution is -0.142. The summed E-state index contributed by atoms with van der Waals surface area (Å²) in [7, 11) is 3.56. The van der Waals surface area contributed by atoms with Crippen LogP contribution in [0.5, 0.6) is 5.75 Å². The van der Waals surface area contributed by atoms with Gasteiger partial charge in [0.1, 0.15) is 11.3 Å². The summed E-state index contributed by atoms with van der Waals surface area (Å²) in [5, 5.41) is 10.0. The third-order valence-corrected chi connectivity index (χ3v) is 5.65. The van der Waals surface area contributed by atoms with Crippen molar-refractivity contribution in [1.29, 1.82) is 0 Å². The van der Waals surface area contributed by atoms with E-state index in [2.05, 4.69) is 34.7 Å². The van der Waals surface area contributed by atoms with Gasteiger partial charge in [-0.05, 0) is 66.5 Å². The monoisotopic (exact) mass is 414 g/mol. The van der Waals surface area contributed by atoms with E-state index < -0.39 is 5.54 Å². The van der Waals surface area contributed by atoms with Crippen molar-refractivity contribution in [2.45, 2.75) is 24.9 Å². The molecule has 1 aliphatic rings. The average Bonchev–Trinajstić information content (AvgIpc) is 3.28. The molecular weight excluding hydrogens is 388 g/mol. The predicted molar refractivity (Wildman–Crippen MR) is 117 cm³/mol. The summed E-state index contributed by atoms with van der Waals surface area (Å²) in [6, 6.07) is 14.2. The van der Waals surface area contributed by atoms with E-state index in [9.17, 15) is 4.79 Å². The SMILES string of the molecule is COc1ccc2cc(CN(C)C(=O)C3(n4cccn4)CCNCC3)ccc2c1.Cl. The largest absolute Gasteiger partial charge is 0.497 e. The van der Waals surface area contributed by atoms with Crippen LogP contribution in [0.3, 0.4) is 0 Å². The van der Waals surface area contributed by atoms with Crippen LogP contribution < -0.4 is 10.1 Å². The third-order valence-electron chi connectivity index (χ3n) is 5.65. The van der Waals surface area contributed by atoms with Gasteiger partial charge in [-0.3, -0.25) is 9.48 Å². The zero-order valence-corrected chi connectivity index (χ0v) is 17.6. The number of halogens is 1. The number of carbonyl (C=O) groups is 1. The Morgan fingerprint density at radius 2 is 1.93 bits per heavy atom. The van der Waals surface area contributed by atoms with Gasteiger partial charge in [-0.25, -0.2) is 0 Å². The van der Waals surface area contributed by atoms with Gasteiger partial charge in [-0.1, -0.05) is 18.2 Å². The Bertz CT molecular complexity index is 968. The van der Waals surface area contributed by atoms with Gasteiger partial charge < -0.3 is 15.0 Å². The quantitative estimate of drug-likeness (QED) is 0.696. The summed E-state index contributed by atoms with van der Waals surface area (Å²) < 4.78 is 7.14. The van der Waals surface area contributed by atoms with Gasteiger partial charge in [-0.15, -0.1) is 12.4 Å². The van der Waals surface area contributed by atoms with Crippen LogP contribution in [0.25, 0.3) is 10.8 Å². The van der Waals surface area contributed by atoms with Crippen LogP contribution in [0.2, 0.25) is 0 Å². The number of ether oxygens (including phenoxy) is 1. The minimum absolute atomic E-state index is 0. The zero-order valence-electron chi connectivity index (χ0n) is 16.8. The predicted octanol–water partition coefficient (Wildman–Crippen LogP) is 3.20. The minimum atomic E-state index is -0.603. The summed E-state index contributed by atoms with van der Waals surface area (Å²) in [4.78, 5) is 15.3. The van der Waals surface area contributed by atoms with Crippen LogP contribution in [0.4, 0.5) is 0 Å². The molecule has 1 fully saturated rings. The number of fused-ring (bicyclic) bond motifs is 1. The average molecular weight is 415 g/mol. The summed E-state index contributed by atoms with van der Waals surface area (Å²) in [6.45, 7) is 2.20. The van der Waals surface area contributed by atoms with E-state index in [1.54, 1.807) is 13.3 Å². The van der Waals surface area contributed by atoms with Gasteiger partial charge in [0.05, 0.1) is 7.11 Å². The molecule has 29 heavy (non-hydrogen) atoms. The molecule has 1 aromatic heterocycles. The van der Waals surface area contributed by atoms with Crippen molar-refractivity contribution in [3.63, 3.8) is 0 Å². The highest BCUT2D eigenvalue weighted by Crippen LogP contribution is 2.30. The highest BCUT2D eigenvalue weighted by atomic mass is 35.5. The van der Waals surface area contributed by atoms with E-state index in [4.69, 9.17) is 4.74 Å². The normalized spacial score (nSPS) is 15.5. The maximum atomic E-state index is 13.5. The first-order valence-electron chi connectivity index (χ1n) is 9.65. The van der Waals surface area contributed by atoms with Gasteiger partial charge in [0, 0.05) is 26.0 Å². The van der Waals surface area contributed by atoms with Crippen molar-refractivity contribution < 1.29 is 9.53 Å². The smallest absolute Gasteiger partial charge is 0.250 e. The lowest BCUT2D eigenvalue weighted by atomic mass is 9.86. The zero-order chi connectivity index (χ0) is 19.6. The first kappa shape index (κ1) is 21.1. The lowest BCUT2D eigenvalue weighted by Crippen LogP contribution is -2.54. The van der Waals surface area contributed by atoms with E-state index in [0.717, 1.165) is 48.0 Å². The molecule has 2 heterocycles. The number of piperidine rings is 1. The highest BCUT2D eigenvalue weighted by Gasteiger charge is 2.43. The number of nitrogens with one attached hydrogen (secondary N) is 1. The molecule has 154 valence electrons. The number of methoxy groups -OCH3 is 1. The van der Waals surface area contributed by atoms with Crippen molar-refractivity contribution >= 4 is 29.1 Å². The lowest BCUT2D eigenvalue weighted by Gasteiger charge is -2.39. The second-order valence-corrected chi connectivity index (χ2v) is 7.44. The Labute approximate surface area is 177 Å². The maximum absolute atomic E-state index is 13.5. The fourth-order valence-electron chi connectivity index (χ4n) is 4.10. The molecule has 0 aliphatic carbocycles. The number of carbonyl (C=O) groups excluding carboxylic acids is 1. The molecule has 0 radical (unpaired) electrons. The van der Waals surface area contributed by atoms with Gasteiger partial charge >= 0.3 is 0 Å². The van der Waals surface area contributed by atoms with E-state index in [1.807, 2.05) is 41.0 Å². The fraction of sp³-hybridized carbons (Fsp3) is 0.364. The number of hydrogen-bond acceptors (Lipinski definition) is 4. The summed E-state index contributed by atoms with van der Waals surface area (Å²) >= 11 is 0. The van der Waals surface area contributed by atoms with Crippen molar-refractivity contribution in [2.75, 3.05) is 27.2 Å². The van der Waals surface area contributed by atoms with Crippen molar-refractivity contribution in [1.82, 2.24) is 20.0 Å². The molecule has 1 N–H and O–H groups in total. The number of benzene rings is 2. The first-order valence-corrected chi connectivity index (χ1v) is 9.65.